The van der Waals surface area contributed by atoms with Crippen LogP contribution in [-0.2, 0) is 15.1 Å². The molecule has 1 aromatic heterocycles. The van der Waals surface area contributed by atoms with Crippen LogP contribution in [0, 0.1) is 6.92 Å². The lowest BCUT2D eigenvalue weighted by molar-refractivity contribution is -0.213. The summed E-state index contributed by atoms with van der Waals surface area (Å²) in [7, 11) is 0.745. The maximum Gasteiger partial charge on any atom is 0.427 e. The Hall–Kier alpha value is -3.82. The Balaban J connectivity index is 2.27. The molecule has 0 bridgehead atoms. The summed E-state index contributed by atoms with van der Waals surface area (Å²) in [4.78, 5) is 38.3. The van der Waals surface area contributed by atoms with Crippen LogP contribution in [0.1, 0.15) is 21.6 Å². The number of esters is 1. The number of carbonyl (C=O) groups excluding carboxylic acids is 2. The third kappa shape index (κ3) is 3.72. The van der Waals surface area contributed by atoms with Crippen molar-refractivity contribution in [2.45, 2.75) is 18.6 Å². The third-order valence-electron chi connectivity index (χ3n) is 4.71. The fourth-order valence-corrected chi connectivity index (χ4v) is 3.28. The summed E-state index contributed by atoms with van der Waals surface area (Å²) in [6.45, 7) is 1.20. The standard InChI is InChI=1S/C21H18F3N3O4/c1-13-16(18(29)27(26-13)15-11-7-4-8-12-15)20(19(30)31-2,21(22,23)24)25-17(28)14-9-5-3-6-10-14/h3-12,26H,1-2H3,(H,25,28)/t20-/m0/s1. The van der Waals surface area contributed by atoms with Gasteiger partial charge >= 0.3 is 12.1 Å². The summed E-state index contributed by atoms with van der Waals surface area (Å²) in [5.41, 5.74) is -6.01. The van der Waals surface area contributed by atoms with Gasteiger partial charge in [-0.15, -0.1) is 0 Å². The molecule has 162 valence electrons. The second-order valence-electron chi connectivity index (χ2n) is 6.65. The molecule has 3 rings (SSSR count). The molecule has 0 aliphatic carbocycles. The Bertz CT molecular complexity index is 1150. The number of nitrogens with zero attached hydrogens (tertiary/aromatic N) is 1. The summed E-state index contributed by atoms with van der Waals surface area (Å²) in [5.74, 6) is -3.04. The third-order valence-corrected chi connectivity index (χ3v) is 4.71. The number of nitrogens with one attached hydrogen (secondary N) is 2. The van der Waals surface area contributed by atoms with Gasteiger partial charge in [0.25, 0.3) is 17.0 Å². The van der Waals surface area contributed by atoms with Crippen LogP contribution < -0.4 is 10.9 Å². The van der Waals surface area contributed by atoms with Crippen molar-refractivity contribution in [1.29, 1.82) is 0 Å². The normalized spacial score (nSPS) is 13.3. The Morgan fingerprint density at radius 1 is 1.00 bits per heavy atom. The number of ether oxygens (including phenoxy) is 1. The van der Waals surface area contributed by atoms with Crippen LogP contribution >= 0.6 is 0 Å². The molecular weight excluding hydrogens is 415 g/mol. The van der Waals surface area contributed by atoms with Gasteiger partial charge in [-0.3, -0.25) is 14.7 Å². The second kappa shape index (κ2) is 8.13. The van der Waals surface area contributed by atoms with Crippen molar-refractivity contribution in [2.75, 3.05) is 7.11 Å². The molecule has 0 aliphatic rings. The maximum absolute atomic E-state index is 14.5. The monoisotopic (exact) mass is 433 g/mol. The van der Waals surface area contributed by atoms with E-state index in [-0.39, 0.29) is 16.9 Å². The Labute approximate surface area is 174 Å². The van der Waals surface area contributed by atoms with E-state index in [1.54, 1.807) is 29.6 Å². The maximum atomic E-state index is 14.5. The number of H-pyrrole nitrogens is 1. The molecular formula is C21H18F3N3O4. The van der Waals surface area contributed by atoms with Crippen LogP contribution in [0.2, 0.25) is 0 Å². The summed E-state index contributed by atoms with van der Waals surface area (Å²) in [6, 6.07) is 14.9. The van der Waals surface area contributed by atoms with Crippen molar-refractivity contribution >= 4 is 11.9 Å². The molecule has 3 aromatic rings. The summed E-state index contributed by atoms with van der Waals surface area (Å²) in [6.07, 6.45) is -5.40. The number of aryl methyl sites for hydroxylation is 1. The lowest BCUT2D eigenvalue weighted by atomic mass is 9.88. The van der Waals surface area contributed by atoms with Crippen molar-refractivity contribution in [3.05, 3.63) is 87.8 Å². The zero-order chi connectivity index (χ0) is 22.8. The minimum absolute atomic E-state index is 0.128. The molecule has 1 atom stereocenters. The van der Waals surface area contributed by atoms with E-state index >= 15 is 0 Å². The topological polar surface area (TPSA) is 93.2 Å². The fraction of sp³-hybridized carbons (Fsp3) is 0.190. The molecule has 0 spiro atoms. The van der Waals surface area contributed by atoms with E-state index < -0.39 is 34.7 Å². The first-order chi connectivity index (χ1) is 14.6. The average Bonchev–Trinajstić information content (AvgIpc) is 3.06. The number of amides is 1. The van der Waals surface area contributed by atoms with Crippen molar-refractivity contribution < 1.29 is 27.5 Å². The average molecular weight is 433 g/mol. The van der Waals surface area contributed by atoms with E-state index in [9.17, 15) is 27.6 Å². The van der Waals surface area contributed by atoms with Crippen LogP contribution in [0.3, 0.4) is 0 Å². The molecule has 10 heteroatoms. The molecule has 31 heavy (non-hydrogen) atoms. The number of methoxy groups -OCH3 is 1. The van der Waals surface area contributed by atoms with Crippen LogP contribution in [-0.4, -0.2) is 34.9 Å². The molecule has 1 amide bonds. The molecule has 1 heterocycles. The summed E-state index contributed by atoms with van der Waals surface area (Å²) >= 11 is 0. The number of hydrogen-bond donors (Lipinski definition) is 2. The fourth-order valence-electron chi connectivity index (χ4n) is 3.28. The van der Waals surface area contributed by atoms with Crippen LogP contribution in [0.25, 0.3) is 5.69 Å². The summed E-state index contributed by atoms with van der Waals surface area (Å²) in [5, 5.41) is 4.27. The Morgan fingerprint density at radius 2 is 1.55 bits per heavy atom. The Morgan fingerprint density at radius 3 is 2.06 bits per heavy atom. The van der Waals surface area contributed by atoms with Gasteiger partial charge in [-0.25, -0.2) is 9.48 Å². The zero-order valence-corrected chi connectivity index (χ0v) is 16.5. The van der Waals surface area contributed by atoms with Crippen molar-refractivity contribution in [3.63, 3.8) is 0 Å². The van der Waals surface area contributed by atoms with Gasteiger partial charge in [0, 0.05) is 11.3 Å². The number of alkyl halides is 3. The largest absolute Gasteiger partial charge is 0.467 e. The van der Waals surface area contributed by atoms with E-state index in [4.69, 9.17) is 0 Å². The van der Waals surface area contributed by atoms with Gasteiger partial charge < -0.3 is 10.1 Å². The van der Waals surface area contributed by atoms with Crippen molar-refractivity contribution in [2.24, 2.45) is 0 Å². The first kappa shape index (κ1) is 21.9. The summed E-state index contributed by atoms with van der Waals surface area (Å²) < 4.78 is 48.7. The highest BCUT2D eigenvalue weighted by Crippen LogP contribution is 2.40. The number of rotatable bonds is 5. The lowest BCUT2D eigenvalue weighted by Gasteiger charge is -2.33. The minimum Gasteiger partial charge on any atom is -0.467 e. The molecule has 0 fully saturated rings. The number of aromatic nitrogens is 2. The lowest BCUT2D eigenvalue weighted by Crippen LogP contribution is -2.63. The molecule has 0 radical (unpaired) electrons. The van der Waals surface area contributed by atoms with Gasteiger partial charge in [0.1, 0.15) is 0 Å². The van der Waals surface area contributed by atoms with E-state index in [1.807, 2.05) is 0 Å². The van der Waals surface area contributed by atoms with Gasteiger partial charge in [0.15, 0.2) is 0 Å². The van der Waals surface area contributed by atoms with Crippen molar-refractivity contribution in [1.82, 2.24) is 15.1 Å². The minimum atomic E-state index is -5.40. The van der Waals surface area contributed by atoms with Gasteiger partial charge in [0.05, 0.1) is 18.4 Å². The quantitative estimate of drug-likeness (QED) is 0.606. The molecule has 2 N–H and O–H groups in total. The van der Waals surface area contributed by atoms with Gasteiger partial charge in [0.2, 0.25) is 0 Å². The van der Waals surface area contributed by atoms with Gasteiger partial charge in [-0.05, 0) is 31.2 Å². The number of benzene rings is 2. The van der Waals surface area contributed by atoms with Gasteiger partial charge in [-0.2, -0.15) is 13.2 Å². The highest BCUT2D eigenvalue weighted by molar-refractivity contribution is 5.99. The van der Waals surface area contributed by atoms with E-state index in [1.165, 1.54) is 43.3 Å². The molecule has 0 saturated carbocycles. The second-order valence-corrected chi connectivity index (χ2v) is 6.65. The van der Waals surface area contributed by atoms with Crippen LogP contribution in [0.15, 0.2) is 65.5 Å². The van der Waals surface area contributed by atoms with E-state index in [2.05, 4.69) is 9.84 Å². The molecule has 2 aromatic carbocycles. The number of para-hydroxylation sites is 1. The first-order valence-corrected chi connectivity index (χ1v) is 9.03. The smallest absolute Gasteiger partial charge is 0.427 e. The molecule has 0 aliphatic heterocycles. The van der Waals surface area contributed by atoms with Crippen LogP contribution in [0.4, 0.5) is 13.2 Å². The van der Waals surface area contributed by atoms with Gasteiger partial charge in [-0.1, -0.05) is 36.4 Å². The van der Waals surface area contributed by atoms with Crippen LogP contribution in [0.5, 0.6) is 0 Å². The first-order valence-electron chi connectivity index (χ1n) is 9.03. The van der Waals surface area contributed by atoms with Crippen molar-refractivity contribution in [3.8, 4) is 5.69 Å². The molecule has 0 saturated heterocycles. The number of halogens is 3. The predicted octanol–water partition coefficient (Wildman–Crippen LogP) is 2.83. The Kier molecular flexibility index (Phi) is 5.74. The zero-order valence-electron chi connectivity index (χ0n) is 16.5. The number of hydrogen-bond acceptors (Lipinski definition) is 4. The highest BCUT2D eigenvalue weighted by Gasteiger charge is 2.66. The molecule has 0 unspecified atom stereocenters. The number of carbonyl (C=O) groups is 2. The highest BCUT2D eigenvalue weighted by atomic mass is 19.4. The molecule has 7 nitrogen and oxygen atoms in total. The predicted molar refractivity (Wildman–Crippen MR) is 105 cm³/mol. The number of aromatic amines is 1. The van der Waals surface area contributed by atoms with E-state index in [0.717, 1.165) is 11.8 Å². The van der Waals surface area contributed by atoms with E-state index in [0.29, 0.717) is 0 Å². The SMILES string of the molecule is COC(=O)[C@@](NC(=O)c1ccccc1)(c1c(C)[nH]n(-c2ccccc2)c1=O)C(F)(F)F.